The van der Waals surface area contributed by atoms with Gasteiger partial charge in [-0.15, -0.1) is 0 Å². The highest BCUT2D eigenvalue weighted by Gasteiger charge is 2.35. The lowest BCUT2D eigenvalue weighted by atomic mass is 10.0. The molecule has 0 aromatic heterocycles. The van der Waals surface area contributed by atoms with Crippen LogP contribution in [0, 0.1) is 0 Å². The first-order valence-corrected chi connectivity index (χ1v) is 9.68. The van der Waals surface area contributed by atoms with Crippen molar-refractivity contribution in [2.45, 2.75) is 24.9 Å². The summed E-state index contributed by atoms with van der Waals surface area (Å²) < 4.78 is 5.62. The topological polar surface area (TPSA) is 65.0 Å². The molecule has 3 rings (SSSR count). The van der Waals surface area contributed by atoms with E-state index in [0.29, 0.717) is 45.9 Å². The standard InChI is InChI=1S/C20H31N3O3/c24-19(21-9-8-18-6-2-1-3-7-18)14-23-12-13-26-17-20(25,16-23)15-22-10-4-5-11-22/h1-3,6-7,25H,4-5,8-17H2,(H,21,24)/t20-/m0/s1. The van der Waals surface area contributed by atoms with Gasteiger partial charge in [-0.3, -0.25) is 9.69 Å². The lowest BCUT2D eigenvalue weighted by Crippen LogP contribution is -2.53. The molecule has 2 N–H and O–H groups in total. The number of benzene rings is 1. The van der Waals surface area contributed by atoms with Crippen LogP contribution < -0.4 is 5.32 Å². The second kappa shape index (κ2) is 9.46. The highest BCUT2D eigenvalue weighted by Crippen LogP contribution is 2.17. The summed E-state index contributed by atoms with van der Waals surface area (Å²) in [6.45, 7) is 5.70. The van der Waals surface area contributed by atoms with Gasteiger partial charge in [0.1, 0.15) is 5.60 Å². The Morgan fingerprint density at radius 1 is 1.15 bits per heavy atom. The number of nitrogens with zero attached hydrogens (tertiary/aromatic N) is 2. The van der Waals surface area contributed by atoms with Crippen LogP contribution in [-0.4, -0.2) is 85.4 Å². The summed E-state index contributed by atoms with van der Waals surface area (Å²) in [5.74, 6) is 0.00588. The van der Waals surface area contributed by atoms with Gasteiger partial charge in [-0.05, 0) is 37.9 Å². The van der Waals surface area contributed by atoms with Gasteiger partial charge >= 0.3 is 0 Å². The van der Waals surface area contributed by atoms with Crippen LogP contribution in [0.1, 0.15) is 18.4 Å². The first-order chi connectivity index (χ1) is 12.6. The van der Waals surface area contributed by atoms with Crippen molar-refractivity contribution in [2.24, 2.45) is 0 Å². The number of carbonyl (C=O) groups is 1. The maximum absolute atomic E-state index is 12.3. The molecule has 0 bridgehead atoms. The summed E-state index contributed by atoms with van der Waals surface area (Å²) in [5, 5.41) is 14.0. The molecule has 0 saturated carbocycles. The van der Waals surface area contributed by atoms with E-state index in [9.17, 15) is 9.90 Å². The smallest absolute Gasteiger partial charge is 0.234 e. The predicted molar refractivity (Wildman–Crippen MR) is 101 cm³/mol. The van der Waals surface area contributed by atoms with Crippen LogP contribution in [0.4, 0.5) is 0 Å². The molecule has 6 heteroatoms. The third-order valence-electron chi connectivity index (χ3n) is 5.10. The number of hydrogen-bond donors (Lipinski definition) is 2. The molecule has 0 spiro atoms. The second-order valence-corrected chi connectivity index (χ2v) is 7.56. The van der Waals surface area contributed by atoms with E-state index in [4.69, 9.17) is 4.74 Å². The van der Waals surface area contributed by atoms with Crippen LogP contribution in [0.5, 0.6) is 0 Å². The fourth-order valence-electron chi connectivity index (χ4n) is 3.83. The number of hydrogen-bond acceptors (Lipinski definition) is 5. The third kappa shape index (κ3) is 6.06. The molecule has 0 radical (unpaired) electrons. The van der Waals surface area contributed by atoms with E-state index in [1.54, 1.807) is 0 Å². The number of aliphatic hydroxyl groups is 1. The highest BCUT2D eigenvalue weighted by atomic mass is 16.5. The normalized spacial score (nSPS) is 25.1. The van der Waals surface area contributed by atoms with Gasteiger partial charge in [0.15, 0.2) is 0 Å². The van der Waals surface area contributed by atoms with Gasteiger partial charge in [-0.1, -0.05) is 30.3 Å². The molecule has 6 nitrogen and oxygen atoms in total. The predicted octanol–water partition coefficient (Wildman–Crippen LogP) is 0.504. The lowest BCUT2D eigenvalue weighted by Gasteiger charge is -2.33. The van der Waals surface area contributed by atoms with E-state index in [1.165, 1.54) is 18.4 Å². The van der Waals surface area contributed by atoms with E-state index in [1.807, 2.05) is 23.1 Å². The van der Waals surface area contributed by atoms with Crippen LogP contribution in [0.15, 0.2) is 30.3 Å². The summed E-state index contributed by atoms with van der Waals surface area (Å²) in [6, 6.07) is 10.1. The third-order valence-corrected chi connectivity index (χ3v) is 5.10. The number of likely N-dealkylation sites (tertiary alicyclic amines) is 1. The van der Waals surface area contributed by atoms with Crippen LogP contribution in [0.25, 0.3) is 0 Å². The molecule has 0 aliphatic carbocycles. The monoisotopic (exact) mass is 361 g/mol. The van der Waals surface area contributed by atoms with Crippen molar-refractivity contribution >= 4 is 5.91 Å². The van der Waals surface area contributed by atoms with E-state index < -0.39 is 5.60 Å². The largest absolute Gasteiger partial charge is 0.385 e. The molecular weight excluding hydrogens is 330 g/mol. The van der Waals surface area contributed by atoms with Crippen molar-refractivity contribution in [1.29, 1.82) is 0 Å². The minimum Gasteiger partial charge on any atom is -0.385 e. The molecule has 1 atom stereocenters. The quantitative estimate of drug-likeness (QED) is 0.741. The molecule has 1 aromatic rings. The maximum atomic E-state index is 12.3. The molecule has 0 unspecified atom stereocenters. The number of carbonyl (C=O) groups excluding carboxylic acids is 1. The zero-order valence-electron chi connectivity index (χ0n) is 15.5. The summed E-state index contributed by atoms with van der Waals surface area (Å²) in [6.07, 6.45) is 3.23. The van der Waals surface area contributed by atoms with E-state index >= 15 is 0 Å². The fourth-order valence-corrected chi connectivity index (χ4v) is 3.83. The summed E-state index contributed by atoms with van der Waals surface area (Å²) >= 11 is 0. The van der Waals surface area contributed by atoms with Gasteiger partial charge in [0.25, 0.3) is 0 Å². The average Bonchev–Trinajstić information content (AvgIpc) is 3.05. The van der Waals surface area contributed by atoms with Gasteiger partial charge in [-0.25, -0.2) is 0 Å². The van der Waals surface area contributed by atoms with Crippen molar-refractivity contribution in [2.75, 3.05) is 59.0 Å². The Morgan fingerprint density at radius 3 is 2.69 bits per heavy atom. The van der Waals surface area contributed by atoms with E-state index in [2.05, 4.69) is 22.3 Å². The first kappa shape index (κ1) is 19.3. The average molecular weight is 361 g/mol. The molecule has 2 fully saturated rings. The number of rotatable bonds is 7. The molecule has 26 heavy (non-hydrogen) atoms. The Bertz CT molecular complexity index is 563. The van der Waals surface area contributed by atoms with Crippen molar-refractivity contribution in [3.8, 4) is 0 Å². The molecular formula is C20H31N3O3. The van der Waals surface area contributed by atoms with Gasteiger partial charge in [-0.2, -0.15) is 0 Å². The van der Waals surface area contributed by atoms with Crippen LogP contribution >= 0.6 is 0 Å². The zero-order valence-corrected chi connectivity index (χ0v) is 15.5. The number of nitrogens with one attached hydrogen (secondary N) is 1. The van der Waals surface area contributed by atoms with Gasteiger partial charge in [0, 0.05) is 26.2 Å². The summed E-state index contributed by atoms with van der Waals surface area (Å²) in [4.78, 5) is 16.6. The Kier molecular flexibility index (Phi) is 7.02. The second-order valence-electron chi connectivity index (χ2n) is 7.56. The number of amides is 1. The molecule has 1 amide bonds. The van der Waals surface area contributed by atoms with Gasteiger partial charge < -0.3 is 20.1 Å². The number of β-amino-alcohol motifs (C(OH)–C–C–N with tert-alkyl or cyclic N) is 1. The lowest BCUT2D eigenvalue weighted by molar-refractivity contribution is -0.123. The minimum absolute atomic E-state index is 0.00588. The molecule has 2 aliphatic rings. The molecule has 2 heterocycles. The van der Waals surface area contributed by atoms with Crippen LogP contribution in [0.3, 0.4) is 0 Å². The number of ether oxygens (including phenoxy) is 1. The van der Waals surface area contributed by atoms with Crippen molar-refractivity contribution in [1.82, 2.24) is 15.1 Å². The van der Waals surface area contributed by atoms with E-state index in [-0.39, 0.29) is 5.91 Å². The molecule has 2 saturated heterocycles. The molecule has 2 aliphatic heterocycles. The van der Waals surface area contributed by atoms with Gasteiger partial charge in [0.05, 0.1) is 19.8 Å². The Morgan fingerprint density at radius 2 is 1.92 bits per heavy atom. The highest BCUT2D eigenvalue weighted by molar-refractivity contribution is 5.78. The van der Waals surface area contributed by atoms with Crippen molar-refractivity contribution in [3.05, 3.63) is 35.9 Å². The minimum atomic E-state index is -0.898. The Hall–Kier alpha value is -1.47. The van der Waals surface area contributed by atoms with Crippen LogP contribution in [0.2, 0.25) is 0 Å². The van der Waals surface area contributed by atoms with Crippen molar-refractivity contribution < 1.29 is 14.6 Å². The first-order valence-electron chi connectivity index (χ1n) is 9.68. The van der Waals surface area contributed by atoms with E-state index in [0.717, 1.165) is 19.5 Å². The zero-order chi connectivity index (χ0) is 18.2. The summed E-state index contributed by atoms with van der Waals surface area (Å²) in [5.41, 5.74) is 0.321. The Balaban J connectivity index is 1.44. The maximum Gasteiger partial charge on any atom is 0.234 e. The fraction of sp³-hybridized carbons (Fsp3) is 0.650. The van der Waals surface area contributed by atoms with Gasteiger partial charge in [0.2, 0.25) is 5.91 Å². The van der Waals surface area contributed by atoms with Crippen LogP contribution in [-0.2, 0) is 16.0 Å². The van der Waals surface area contributed by atoms with Crippen molar-refractivity contribution in [3.63, 3.8) is 0 Å². The Labute approximate surface area is 156 Å². The SMILES string of the molecule is O=C(CN1CCOC[C@](O)(CN2CCCC2)C1)NCCc1ccccc1. The molecule has 1 aromatic carbocycles. The summed E-state index contributed by atoms with van der Waals surface area (Å²) in [7, 11) is 0. The molecule has 144 valence electrons.